The highest BCUT2D eigenvalue weighted by atomic mass is 32.1. The van der Waals surface area contributed by atoms with Gasteiger partial charge in [0.1, 0.15) is 11.5 Å². The van der Waals surface area contributed by atoms with Gasteiger partial charge in [0.15, 0.2) is 0 Å². The molecular weight excluding hydrogens is 310 g/mol. The van der Waals surface area contributed by atoms with Crippen LogP contribution < -0.4 is 5.32 Å². The molecule has 0 aromatic carbocycles. The Hall–Kier alpha value is -2.60. The number of hydrogen-bond acceptors (Lipinski definition) is 4. The van der Waals surface area contributed by atoms with E-state index < -0.39 is 0 Å². The first-order valence-corrected chi connectivity index (χ1v) is 8.18. The van der Waals surface area contributed by atoms with Gasteiger partial charge in [0.2, 0.25) is 5.91 Å². The Bertz CT molecular complexity index is 786. The van der Waals surface area contributed by atoms with Crippen LogP contribution >= 0.6 is 11.3 Å². The third-order valence-corrected chi connectivity index (χ3v) is 4.21. The van der Waals surface area contributed by atoms with Gasteiger partial charge in [-0.1, -0.05) is 6.07 Å². The van der Waals surface area contributed by atoms with Crippen LogP contribution in [0.4, 0.5) is 0 Å². The quantitative estimate of drug-likeness (QED) is 0.706. The molecular formula is C17H17N3O2S. The van der Waals surface area contributed by atoms with E-state index in [0.29, 0.717) is 18.8 Å². The van der Waals surface area contributed by atoms with Crippen LogP contribution in [0.1, 0.15) is 11.5 Å². The van der Waals surface area contributed by atoms with E-state index in [1.165, 1.54) is 6.08 Å². The van der Waals surface area contributed by atoms with Crippen molar-refractivity contribution < 1.29 is 9.21 Å². The van der Waals surface area contributed by atoms with E-state index in [0.717, 1.165) is 16.3 Å². The first kappa shape index (κ1) is 15.3. The number of hydrogen-bond donors (Lipinski definition) is 1. The van der Waals surface area contributed by atoms with E-state index in [4.69, 9.17) is 4.42 Å². The Morgan fingerprint density at radius 1 is 1.43 bits per heavy atom. The molecule has 1 amide bonds. The van der Waals surface area contributed by atoms with Crippen molar-refractivity contribution in [2.45, 2.75) is 13.5 Å². The van der Waals surface area contributed by atoms with E-state index >= 15 is 0 Å². The molecule has 1 N–H and O–H groups in total. The summed E-state index contributed by atoms with van der Waals surface area (Å²) in [5, 5.41) is 9.45. The average Bonchev–Trinajstić information content (AvgIpc) is 3.28. The van der Waals surface area contributed by atoms with E-state index in [1.807, 2.05) is 23.1 Å². The van der Waals surface area contributed by atoms with Gasteiger partial charge in [-0.2, -0.15) is 5.10 Å². The molecule has 0 fully saturated rings. The van der Waals surface area contributed by atoms with Gasteiger partial charge in [-0.05, 0) is 42.6 Å². The smallest absolute Gasteiger partial charge is 0.244 e. The molecule has 0 atom stereocenters. The third kappa shape index (κ3) is 3.98. The molecule has 23 heavy (non-hydrogen) atoms. The standard InChI is InChI=1S/C17H17N3O2S/c1-13-12-15(16-5-3-11-23-16)19-20(13)9-8-18-17(21)7-6-14-4-2-10-22-14/h2-7,10-12H,8-9H2,1H3,(H,18,21)/b7-6+. The van der Waals surface area contributed by atoms with Crippen LogP contribution in [0.2, 0.25) is 0 Å². The number of furan rings is 1. The molecule has 0 aliphatic rings. The van der Waals surface area contributed by atoms with Gasteiger partial charge < -0.3 is 9.73 Å². The second-order valence-corrected chi connectivity index (χ2v) is 5.96. The fourth-order valence-corrected chi connectivity index (χ4v) is 2.85. The van der Waals surface area contributed by atoms with Crippen LogP contribution in [-0.2, 0) is 11.3 Å². The van der Waals surface area contributed by atoms with Crippen molar-refractivity contribution in [2.75, 3.05) is 6.54 Å². The number of thiophene rings is 1. The number of amides is 1. The highest BCUT2D eigenvalue weighted by Crippen LogP contribution is 2.23. The van der Waals surface area contributed by atoms with Crippen molar-refractivity contribution >= 4 is 23.3 Å². The molecule has 6 heteroatoms. The molecule has 3 aromatic heterocycles. The second kappa shape index (κ2) is 7.11. The first-order chi connectivity index (χ1) is 11.2. The number of nitrogens with zero attached hydrogens (tertiary/aromatic N) is 2. The predicted octanol–water partition coefficient (Wildman–Crippen LogP) is 3.34. The molecule has 0 spiro atoms. The van der Waals surface area contributed by atoms with Gasteiger partial charge in [0.05, 0.1) is 17.7 Å². The van der Waals surface area contributed by atoms with E-state index in [9.17, 15) is 4.79 Å². The molecule has 118 valence electrons. The van der Waals surface area contributed by atoms with Crippen molar-refractivity contribution in [1.29, 1.82) is 0 Å². The van der Waals surface area contributed by atoms with Crippen molar-refractivity contribution in [1.82, 2.24) is 15.1 Å². The summed E-state index contributed by atoms with van der Waals surface area (Å²) in [6, 6.07) is 9.70. The van der Waals surface area contributed by atoms with E-state index in [1.54, 1.807) is 35.8 Å². The summed E-state index contributed by atoms with van der Waals surface area (Å²) in [6.45, 7) is 3.17. The molecule has 5 nitrogen and oxygen atoms in total. The lowest BCUT2D eigenvalue weighted by molar-refractivity contribution is -0.116. The summed E-state index contributed by atoms with van der Waals surface area (Å²) in [6.07, 6.45) is 4.68. The third-order valence-electron chi connectivity index (χ3n) is 3.32. The Morgan fingerprint density at radius 3 is 3.09 bits per heavy atom. The zero-order valence-corrected chi connectivity index (χ0v) is 13.5. The minimum absolute atomic E-state index is 0.148. The monoisotopic (exact) mass is 327 g/mol. The fourth-order valence-electron chi connectivity index (χ4n) is 2.17. The lowest BCUT2D eigenvalue weighted by Crippen LogP contribution is -2.26. The molecule has 0 saturated heterocycles. The maximum absolute atomic E-state index is 11.7. The molecule has 0 unspecified atom stereocenters. The van der Waals surface area contributed by atoms with Crippen LogP contribution in [0.25, 0.3) is 16.6 Å². The number of aryl methyl sites for hydroxylation is 1. The maximum atomic E-state index is 11.7. The van der Waals surface area contributed by atoms with E-state index in [2.05, 4.69) is 22.5 Å². The van der Waals surface area contributed by atoms with Gasteiger partial charge in [0, 0.05) is 18.3 Å². The van der Waals surface area contributed by atoms with Crippen LogP contribution in [-0.4, -0.2) is 22.2 Å². The van der Waals surface area contributed by atoms with Crippen molar-refractivity contribution in [3.8, 4) is 10.6 Å². The van der Waals surface area contributed by atoms with Gasteiger partial charge in [-0.25, -0.2) is 0 Å². The summed E-state index contributed by atoms with van der Waals surface area (Å²) in [5.41, 5.74) is 2.05. The average molecular weight is 327 g/mol. The molecule has 0 aliphatic heterocycles. The zero-order chi connectivity index (χ0) is 16.1. The SMILES string of the molecule is Cc1cc(-c2cccs2)nn1CCNC(=O)/C=C/c1ccco1. The highest BCUT2D eigenvalue weighted by molar-refractivity contribution is 7.13. The number of nitrogens with one attached hydrogen (secondary N) is 1. The number of carbonyl (C=O) groups excluding carboxylic acids is 1. The predicted molar refractivity (Wildman–Crippen MR) is 91.0 cm³/mol. The molecule has 3 aromatic rings. The first-order valence-electron chi connectivity index (χ1n) is 7.30. The maximum Gasteiger partial charge on any atom is 0.244 e. The van der Waals surface area contributed by atoms with Crippen LogP contribution in [0.15, 0.2) is 52.5 Å². The van der Waals surface area contributed by atoms with Gasteiger partial charge >= 0.3 is 0 Å². The second-order valence-electron chi connectivity index (χ2n) is 5.01. The normalized spacial score (nSPS) is 11.2. The van der Waals surface area contributed by atoms with Crippen LogP contribution in [0, 0.1) is 6.92 Å². The summed E-state index contributed by atoms with van der Waals surface area (Å²) in [4.78, 5) is 12.9. The van der Waals surface area contributed by atoms with Gasteiger partial charge in [0.25, 0.3) is 0 Å². The summed E-state index contributed by atoms with van der Waals surface area (Å²) in [5.74, 6) is 0.508. The molecule has 3 rings (SSSR count). The number of aromatic nitrogens is 2. The van der Waals surface area contributed by atoms with Crippen molar-refractivity contribution in [3.63, 3.8) is 0 Å². The van der Waals surface area contributed by atoms with Gasteiger partial charge in [-0.3, -0.25) is 9.48 Å². The number of carbonyl (C=O) groups is 1. The Balaban J connectivity index is 1.52. The van der Waals surface area contributed by atoms with Gasteiger partial charge in [-0.15, -0.1) is 11.3 Å². The topological polar surface area (TPSA) is 60.1 Å². The Labute approximate surface area is 138 Å². The lowest BCUT2D eigenvalue weighted by atomic mass is 10.3. The summed E-state index contributed by atoms with van der Waals surface area (Å²) >= 11 is 1.67. The Kier molecular flexibility index (Phi) is 4.73. The summed E-state index contributed by atoms with van der Waals surface area (Å²) < 4.78 is 7.04. The minimum atomic E-state index is -0.148. The molecule has 0 aliphatic carbocycles. The van der Waals surface area contributed by atoms with Crippen molar-refractivity contribution in [3.05, 3.63) is 59.5 Å². The molecule has 3 heterocycles. The zero-order valence-electron chi connectivity index (χ0n) is 12.7. The largest absolute Gasteiger partial charge is 0.465 e. The van der Waals surface area contributed by atoms with Crippen molar-refractivity contribution in [2.24, 2.45) is 0 Å². The van der Waals surface area contributed by atoms with Crippen LogP contribution in [0.3, 0.4) is 0 Å². The molecule has 0 saturated carbocycles. The molecule has 0 radical (unpaired) electrons. The number of rotatable bonds is 6. The Morgan fingerprint density at radius 2 is 2.35 bits per heavy atom. The van der Waals surface area contributed by atoms with E-state index in [-0.39, 0.29) is 5.91 Å². The molecule has 0 bridgehead atoms. The lowest BCUT2D eigenvalue weighted by Gasteiger charge is -2.04. The van der Waals surface area contributed by atoms with Crippen LogP contribution in [0.5, 0.6) is 0 Å². The summed E-state index contributed by atoms with van der Waals surface area (Å²) in [7, 11) is 0. The fraction of sp³-hybridized carbons (Fsp3) is 0.176. The minimum Gasteiger partial charge on any atom is -0.465 e. The highest BCUT2D eigenvalue weighted by Gasteiger charge is 2.07.